The van der Waals surface area contributed by atoms with Gasteiger partial charge in [-0.2, -0.15) is 0 Å². The Morgan fingerprint density at radius 1 is 0.838 bits per heavy atom. The Morgan fingerprint density at radius 3 is 2.19 bits per heavy atom. The molecule has 37 heavy (non-hydrogen) atoms. The molecule has 2 aliphatic rings. The van der Waals surface area contributed by atoms with Crippen molar-refractivity contribution in [2.24, 2.45) is 0 Å². The van der Waals surface area contributed by atoms with Gasteiger partial charge in [0.2, 0.25) is 11.1 Å². The highest BCUT2D eigenvalue weighted by Gasteiger charge is 2.18. The second-order valence-electron chi connectivity index (χ2n) is 8.25. The maximum absolute atomic E-state index is 13.3. The van der Waals surface area contributed by atoms with Gasteiger partial charge in [-0.05, 0) is 42.8 Å². The SMILES string of the molecule is [C-]#[N+]c1c(Nc2ccccc2)nc(N)c(NNc2cccc3c(=O)c4c(=O)ccc(=O)c=4c(=O)c23)c1C. The van der Waals surface area contributed by atoms with E-state index in [-0.39, 0.29) is 33.8 Å². The lowest BCUT2D eigenvalue weighted by atomic mass is 10.0. The van der Waals surface area contributed by atoms with E-state index in [0.717, 1.165) is 17.8 Å². The lowest BCUT2D eigenvalue weighted by Gasteiger charge is -2.18. The molecule has 5 N–H and O–H groups in total. The average Bonchev–Trinajstić information content (AvgIpc) is 2.89. The van der Waals surface area contributed by atoms with Crippen LogP contribution in [0.25, 0.3) is 15.6 Å². The molecule has 0 unspecified atom stereocenters. The number of anilines is 5. The van der Waals surface area contributed by atoms with Gasteiger partial charge in [-0.3, -0.25) is 24.6 Å². The molecule has 2 aromatic carbocycles. The summed E-state index contributed by atoms with van der Waals surface area (Å²) in [7, 11) is 0. The van der Waals surface area contributed by atoms with Crippen LogP contribution in [-0.2, 0) is 0 Å². The third-order valence-corrected chi connectivity index (χ3v) is 6.03. The number of aromatic nitrogens is 1. The fraction of sp³-hybridized carbons (Fsp3) is 0.0370. The van der Waals surface area contributed by atoms with Crippen molar-refractivity contribution in [2.75, 3.05) is 21.9 Å². The predicted molar refractivity (Wildman–Crippen MR) is 143 cm³/mol. The minimum atomic E-state index is -0.732. The first-order chi connectivity index (χ1) is 17.8. The molecule has 0 saturated heterocycles. The number of nitrogens with zero attached hydrogens (tertiary/aromatic N) is 2. The van der Waals surface area contributed by atoms with Crippen LogP contribution in [0.3, 0.4) is 0 Å². The zero-order valence-corrected chi connectivity index (χ0v) is 19.4. The number of benzene rings is 2. The Balaban J connectivity index is 1.60. The fourth-order valence-corrected chi connectivity index (χ4v) is 4.25. The molecule has 0 amide bonds. The molecule has 3 aromatic rings. The molecule has 0 bridgehead atoms. The van der Waals surface area contributed by atoms with E-state index in [2.05, 4.69) is 26.0 Å². The lowest BCUT2D eigenvalue weighted by molar-refractivity contribution is 1.26. The Bertz CT molecular complexity index is 2030. The second kappa shape index (κ2) is 8.90. The molecule has 10 heteroatoms. The van der Waals surface area contributed by atoms with Gasteiger partial charge in [-0.1, -0.05) is 30.3 Å². The van der Waals surface area contributed by atoms with Crippen molar-refractivity contribution in [3.63, 3.8) is 0 Å². The number of pyridine rings is 1. The van der Waals surface area contributed by atoms with Gasteiger partial charge >= 0.3 is 0 Å². The monoisotopic (exact) mass is 490 g/mol. The third kappa shape index (κ3) is 3.81. The molecule has 5 rings (SSSR count). The van der Waals surface area contributed by atoms with Crippen molar-refractivity contribution in [3.05, 3.63) is 129 Å². The molecule has 0 aliphatic heterocycles. The van der Waals surface area contributed by atoms with Crippen LogP contribution < -0.4 is 43.6 Å². The fourth-order valence-electron chi connectivity index (χ4n) is 4.25. The molecule has 1 aromatic heterocycles. The first kappa shape index (κ1) is 23.2. The number of nitrogens with one attached hydrogen (secondary N) is 3. The summed E-state index contributed by atoms with van der Waals surface area (Å²) >= 11 is 0. The first-order valence-electron chi connectivity index (χ1n) is 11.1. The molecule has 180 valence electrons. The molecule has 0 atom stereocenters. The Kier molecular flexibility index (Phi) is 5.58. The van der Waals surface area contributed by atoms with E-state index in [1.807, 2.05) is 30.3 Å². The van der Waals surface area contributed by atoms with E-state index in [0.29, 0.717) is 11.3 Å². The number of fused-ring (bicyclic) bond motifs is 1. The molecule has 0 radical (unpaired) electrons. The van der Waals surface area contributed by atoms with E-state index in [1.165, 1.54) is 18.2 Å². The minimum Gasteiger partial charge on any atom is -0.382 e. The van der Waals surface area contributed by atoms with Crippen molar-refractivity contribution in [1.29, 1.82) is 0 Å². The molecule has 0 fully saturated rings. The van der Waals surface area contributed by atoms with Crippen LogP contribution in [-0.4, -0.2) is 4.98 Å². The summed E-state index contributed by atoms with van der Waals surface area (Å²) in [5.41, 5.74) is 11.1. The highest BCUT2D eigenvalue weighted by Crippen LogP contribution is 2.37. The van der Waals surface area contributed by atoms with E-state index in [1.54, 1.807) is 6.92 Å². The summed E-state index contributed by atoms with van der Waals surface area (Å²) in [5, 5.41) is 2.18. The van der Waals surface area contributed by atoms with Crippen molar-refractivity contribution in [3.8, 4) is 0 Å². The van der Waals surface area contributed by atoms with Crippen LogP contribution in [0, 0.1) is 23.9 Å². The molecule has 0 saturated carbocycles. The third-order valence-electron chi connectivity index (χ3n) is 6.03. The quantitative estimate of drug-likeness (QED) is 0.216. The molecular weight excluding hydrogens is 472 g/mol. The zero-order valence-electron chi connectivity index (χ0n) is 19.4. The number of hydrazine groups is 1. The highest BCUT2D eigenvalue weighted by molar-refractivity contribution is 5.94. The predicted octanol–water partition coefficient (Wildman–Crippen LogP) is 2.90. The molecule has 10 nitrogen and oxygen atoms in total. The number of nitrogens with two attached hydrogens (primary N) is 1. The van der Waals surface area contributed by atoms with Gasteiger partial charge in [0, 0.05) is 11.1 Å². The summed E-state index contributed by atoms with van der Waals surface area (Å²) in [5.74, 6) is 0.360. The zero-order chi connectivity index (χ0) is 26.3. The van der Waals surface area contributed by atoms with Crippen molar-refractivity contribution < 1.29 is 0 Å². The van der Waals surface area contributed by atoms with Gasteiger partial charge in [0.1, 0.15) is 11.6 Å². The van der Waals surface area contributed by atoms with Gasteiger partial charge in [-0.25, -0.2) is 9.83 Å². The van der Waals surface area contributed by atoms with Gasteiger partial charge in [0.15, 0.2) is 16.3 Å². The number of nitrogen functional groups attached to an aromatic ring is 1. The van der Waals surface area contributed by atoms with Crippen LogP contribution in [0.4, 0.5) is 34.4 Å². The lowest BCUT2D eigenvalue weighted by Crippen LogP contribution is -2.28. The van der Waals surface area contributed by atoms with E-state index < -0.39 is 32.2 Å². The Morgan fingerprint density at radius 2 is 1.51 bits per heavy atom. The van der Waals surface area contributed by atoms with Crippen LogP contribution in [0.15, 0.2) is 79.8 Å². The molecule has 2 aliphatic carbocycles. The van der Waals surface area contributed by atoms with Crippen LogP contribution in [0.2, 0.25) is 0 Å². The van der Waals surface area contributed by atoms with Crippen LogP contribution >= 0.6 is 0 Å². The second-order valence-corrected chi connectivity index (χ2v) is 8.25. The number of hydrogen-bond donors (Lipinski definition) is 4. The van der Waals surface area contributed by atoms with Crippen LogP contribution in [0.1, 0.15) is 5.56 Å². The largest absolute Gasteiger partial charge is 0.382 e. The normalized spacial score (nSPS) is 10.8. The van der Waals surface area contributed by atoms with Crippen molar-refractivity contribution in [1.82, 2.24) is 4.98 Å². The van der Waals surface area contributed by atoms with Gasteiger partial charge in [0.25, 0.3) is 0 Å². The van der Waals surface area contributed by atoms with Gasteiger partial charge < -0.3 is 16.5 Å². The highest BCUT2D eigenvalue weighted by atomic mass is 16.1. The number of para-hydroxylation sites is 1. The number of rotatable bonds is 5. The van der Waals surface area contributed by atoms with E-state index in [4.69, 9.17) is 12.3 Å². The van der Waals surface area contributed by atoms with E-state index >= 15 is 0 Å². The maximum Gasteiger partial charge on any atom is 0.233 e. The van der Waals surface area contributed by atoms with Gasteiger partial charge in [-0.15, -0.1) is 0 Å². The van der Waals surface area contributed by atoms with Crippen LogP contribution in [0.5, 0.6) is 0 Å². The number of hydrogen-bond acceptors (Lipinski definition) is 9. The summed E-state index contributed by atoms with van der Waals surface area (Å²) in [4.78, 5) is 58.9. The molecule has 0 spiro atoms. The minimum absolute atomic E-state index is 0.000856. The summed E-state index contributed by atoms with van der Waals surface area (Å²) < 4.78 is 0. The smallest absolute Gasteiger partial charge is 0.233 e. The summed E-state index contributed by atoms with van der Waals surface area (Å²) in [6, 6.07) is 15.7. The average molecular weight is 490 g/mol. The van der Waals surface area contributed by atoms with E-state index in [9.17, 15) is 19.2 Å². The topological polar surface area (TPSA) is 148 Å². The summed E-state index contributed by atoms with van der Waals surface area (Å²) in [6.45, 7) is 9.34. The Labute approximate surface area is 208 Å². The summed E-state index contributed by atoms with van der Waals surface area (Å²) in [6.07, 6.45) is 0. The van der Waals surface area contributed by atoms with Gasteiger partial charge in [0.05, 0.1) is 33.8 Å². The first-order valence-corrected chi connectivity index (χ1v) is 11.1. The Hall–Kier alpha value is -5.56. The van der Waals surface area contributed by atoms with Crippen molar-refractivity contribution in [2.45, 2.75) is 6.92 Å². The maximum atomic E-state index is 13.3. The molecule has 1 heterocycles. The standard InChI is InChI=1S/C27H18N6O4/c1-13-22(26(28)31-27(23(13)29-2)30-14-7-4-3-5-8-14)33-32-16-10-6-9-15-19(16)25(37)21-18(35)12-11-17(34)20(21)24(15)36/h3-12,32-33H,1H3,(H3,28,30,31). The van der Waals surface area contributed by atoms with Crippen molar-refractivity contribution >= 4 is 45.2 Å². The molecular formula is C27H18N6O4.